The molecule has 0 radical (unpaired) electrons. The first-order valence-electron chi connectivity index (χ1n) is 8.96. The normalized spacial score (nSPS) is 16.7. The fraction of sp³-hybridized carbons (Fsp3) is 0.400. The van der Waals surface area contributed by atoms with Gasteiger partial charge >= 0.3 is 0 Å². The van der Waals surface area contributed by atoms with Crippen LogP contribution in [0.2, 0.25) is 0 Å². The van der Waals surface area contributed by atoms with Crippen molar-refractivity contribution in [2.24, 2.45) is 0 Å². The van der Waals surface area contributed by atoms with Gasteiger partial charge in [-0.2, -0.15) is 4.31 Å². The second-order valence-electron chi connectivity index (χ2n) is 6.64. The lowest BCUT2D eigenvalue weighted by atomic mass is 10.2. The number of thioether (sulfide) groups is 1. The molecule has 0 N–H and O–H groups in total. The standard InChI is InChI=1S/C20H26N2O2S2/c1-18-7-9-20(10-8-18)25-16-15-21-11-13-22(14-12-21)26(23,24)17-19-5-3-2-4-6-19/h2-10H,11-17H2,1H3. The van der Waals surface area contributed by atoms with E-state index in [4.69, 9.17) is 0 Å². The Morgan fingerprint density at radius 3 is 2.23 bits per heavy atom. The second kappa shape index (κ2) is 9.04. The third-order valence-corrected chi connectivity index (χ3v) is 7.46. The van der Waals surface area contributed by atoms with E-state index in [1.165, 1.54) is 10.5 Å². The molecule has 6 heteroatoms. The van der Waals surface area contributed by atoms with E-state index in [0.29, 0.717) is 13.1 Å². The molecule has 1 fully saturated rings. The van der Waals surface area contributed by atoms with Crippen LogP contribution in [0.25, 0.3) is 0 Å². The smallest absolute Gasteiger partial charge is 0.218 e. The van der Waals surface area contributed by atoms with E-state index >= 15 is 0 Å². The number of sulfonamides is 1. The van der Waals surface area contributed by atoms with Gasteiger partial charge in [-0.25, -0.2) is 8.42 Å². The fourth-order valence-corrected chi connectivity index (χ4v) is 5.46. The van der Waals surface area contributed by atoms with Gasteiger partial charge in [0, 0.05) is 43.4 Å². The van der Waals surface area contributed by atoms with Gasteiger partial charge in [0.1, 0.15) is 0 Å². The number of rotatable bonds is 7. The van der Waals surface area contributed by atoms with E-state index in [1.807, 2.05) is 42.1 Å². The quantitative estimate of drug-likeness (QED) is 0.681. The van der Waals surface area contributed by atoms with Gasteiger partial charge in [0.2, 0.25) is 10.0 Å². The predicted octanol–water partition coefficient (Wildman–Crippen LogP) is 3.23. The Hall–Kier alpha value is -1.34. The van der Waals surface area contributed by atoms with Crippen LogP contribution in [0.1, 0.15) is 11.1 Å². The summed E-state index contributed by atoms with van der Waals surface area (Å²) >= 11 is 1.86. The molecule has 1 saturated heterocycles. The Kier molecular flexibility index (Phi) is 6.75. The van der Waals surface area contributed by atoms with Crippen molar-refractivity contribution in [2.75, 3.05) is 38.5 Å². The van der Waals surface area contributed by atoms with Crippen molar-refractivity contribution >= 4 is 21.8 Å². The summed E-state index contributed by atoms with van der Waals surface area (Å²) in [5.41, 5.74) is 2.13. The summed E-state index contributed by atoms with van der Waals surface area (Å²) in [6.45, 7) is 5.88. The number of aryl methyl sites for hydroxylation is 1. The zero-order valence-corrected chi connectivity index (χ0v) is 16.8. The Balaban J connectivity index is 1.43. The number of hydrogen-bond donors (Lipinski definition) is 0. The Labute approximate surface area is 161 Å². The van der Waals surface area contributed by atoms with E-state index in [1.54, 1.807) is 4.31 Å². The number of benzene rings is 2. The van der Waals surface area contributed by atoms with Gasteiger partial charge in [-0.05, 0) is 24.6 Å². The highest BCUT2D eigenvalue weighted by atomic mass is 32.2. The lowest BCUT2D eigenvalue weighted by Gasteiger charge is -2.33. The molecule has 1 aliphatic rings. The van der Waals surface area contributed by atoms with Crippen LogP contribution in [0.15, 0.2) is 59.5 Å². The van der Waals surface area contributed by atoms with Gasteiger partial charge in [-0.15, -0.1) is 11.8 Å². The minimum atomic E-state index is -3.23. The topological polar surface area (TPSA) is 40.6 Å². The number of nitrogens with zero attached hydrogens (tertiary/aromatic N) is 2. The molecule has 0 aliphatic carbocycles. The SMILES string of the molecule is Cc1ccc(SCCN2CCN(S(=O)(=O)Cc3ccccc3)CC2)cc1. The highest BCUT2D eigenvalue weighted by Crippen LogP contribution is 2.19. The predicted molar refractivity (Wildman–Crippen MR) is 109 cm³/mol. The molecule has 3 rings (SSSR count). The largest absolute Gasteiger partial charge is 0.300 e. The van der Waals surface area contributed by atoms with Gasteiger partial charge in [0.05, 0.1) is 5.75 Å². The molecule has 0 spiro atoms. The summed E-state index contributed by atoms with van der Waals surface area (Å²) in [5.74, 6) is 1.12. The first kappa shape index (κ1) is 19.4. The van der Waals surface area contributed by atoms with Crippen molar-refractivity contribution in [2.45, 2.75) is 17.6 Å². The van der Waals surface area contributed by atoms with E-state index < -0.39 is 10.0 Å². The van der Waals surface area contributed by atoms with Crippen LogP contribution in [0.5, 0.6) is 0 Å². The molecule has 0 amide bonds. The minimum absolute atomic E-state index is 0.0944. The van der Waals surface area contributed by atoms with Gasteiger partial charge in [0.25, 0.3) is 0 Å². The molecular weight excluding hydrogens is 364 g/mol. The van der Waals surface area contributed by atoms with Crippen molar-refractivity contribution in [3.63, 3.8) is 0 Å². The molecule has 0 atom stereocenters. The molecule has 2 aromatic carbocycles. The van der Waals surface area contributed by atoms with Crippen LogP contribution in [-0.4, -0.2) is 56.1 Å². The third-order valence-electron chi connectivity index (χ3n) is 4.61. The molecule has 26 heavy (non-hydrogen) atoms. The van der Waals surface area contributed by atoms with Gasteiger partial charge in [-0.1, -0.05) is 48.0 Å². The highest BCUT2D eigenvalue weighted by molar-refractivity contribution is 7.99. The molecule has 0 bridgehead atoms. The van der Waals surface area contributed by atoms with Crippen molar-refractivity contribution in [3.05, 3.63) is 65.7 Å². The molecule has 0 saturated carbocycles. The first-order valence-corrected chi connectivity index (χ1v) is 11.6. The molecule has 1 heterocycles. The van der Waals surface area contributed by atoms with Crippen LogP contribution >= 0.6 is 11.8 Å². The number of piperazine rings is 1. The molecule has 2 aromatic rings. The van der Waals surface area contributed by atoms with Crippen molar-refractivity contribution in [3.8, 4) is 0 Å². The molecule has 140 valence electrons. The molecular formula is C20H26N2O2S2. The third kappa shape index (κ3) is 5.58. The average Bonchev–Trinajstić information content (AvgIpc) is 2.64. The summed E-state index contributed by atoms with van der Waals surface area (Å²) in [6.07, 6.45) is 0. The Morgan fingerprint density at radius 1 is 0.923 bits per heavy atom. The summed E-state index contributed by atoms with van der Waals surface area (Å²) < 4.78 is 26.8. The van der Waals surface area contributed by atoms with E-state index in [0.717, 1.165) is 31.0 Å². The van der Waals surface area contributed by atoms with Gasteiger partial charge < -0.3 is 0 Å². The average molecular weight is 391 g/mol. The summed E-state index contributed by atoms with van der Waals surface area (Å²) in [7, 11) is -3.23. The fourth-order valence-electron chi connectivity index (χ4n) is 3.03. The van der Waals surface area contributed by atoms with Crippen LogP contribution < -0.4 is 0 Å². The highest BCUT2D eigenvalue weighted by Gasteiger charge is 2.26. The van der Waals surface area contributed by atoms with Gasteiger partial charge in [0.15, 0.2) is 0 Å². The number of hydrogen-bond acceptors (Lipinski definition) is 4. The summed E-state index contributed by atoms with van der Waals surface area (Å²) in [6, 6.07) is 18.0. The van der Waals surface area contributed by atoms with Crippen molar-refractivity contribution < 1.29 is 8.42 Å². The van der Waals surface area contributed by atoms with E-state index in [9.17, 15) is 8.42 Å². The molecule has 0 aromatic heterocycles. The molecule has 1 aliphatic heterocycles. The Morgan fingerprint density at radius 2 is 1.58 bits per heavy atom. The van der Waals surface area contributed by atoms with Crippen molar-refractivity contribution in [1.29, 1.82) is 0 Å². The maximum absolute atomic E-state index is 12.6. The zero-order valence-electron chi connectivity index (χ0n) is 15.2. The summed E-state index contributed by atoms with van der Waals surface area (Å²) in [4.78, 5) is 3.65. The first-order chi connectivity index (χ1) is 12.5. The lowest BCUT2D eigenvalue weighted by molar-refractivity contribution is 0.197. The van der Waals surface area contributed by atoms with Gasteiger partial charge in [-0.3, -0.25) is 4.90 Å². The Bertz CT molecular complexity index is 784. The second-order valence-corrected chi connectivity index (χ2v) is 9.78. The lowest BCUT2D eigenvalue weighted by Crippen LogP contribution is -2.49. The monoisotopic (exact) mass is 390 g/mol. The maximum atomic E-state index is 12.6. The minimum Gasteiger partial charge on any atom is -0.300 e. The van der Waals surface area contributed by atoms with Crippen LogP contribution in [0.3, 0.4) is 0 Å². The zero-order chi connectivity index (χ0) is 18.4. The van der Waals surface area contributed by atoms with Crippen LogP contribution in [0, 0.1) is 6.92 Å². The molecule has 4 nitrogen and oxygen atoms in total. The van der Waals surface area contributed by atoms with E-state index in [2.05, 4.69) is 36.1 Å². The van der Waals surface area contributed by atoms with Crippen LogP contribution in [-0.2, 0) is 15.8 Å². The van der Waals surface area contributed by atoms with Crippen molar-refractivity contribution in [1.82, 2.24) is 9.21 Å². The summed E-state index contributed by atoms with van der Waals surface area (Å²) in [5, 5.41) is 0. The molecule has 0 unspecified atom stereocenters. The van der Waals surface area contributed by atoms with E-state index in [-0.39, 0.29) is 5.75 Å². The maximum Gasteiger partial charge on any atom is 0.218 e. The van der Waals surface area contributed by atoms with Crippen LogP contribution in [0.4, 0.5) is 0 Å².